The maximum absolute atomic E-state index is 12.3. The van der Waals surface area contributed by atoms with Gasteiger partial charge in [-0.2, -0.15) is 5.10 Å². The second-order valence-electron chi connectivity index (χ2n) is 5.26. The molecule has 3 aromatic heterocycles. The van der Waals surface area contributed by atoms with Gasteiger partial charge in [0.1, 0.15) is 0 Å². The Balaban J connectivity index is 1.49. The van der Waals surface area contributed by atoms with Crippen LogP contribution in [0.25, 0.3) is 11.2 Å². The van der Waals surface area contributed by atoms with Crippen LogP contribution in [-0.4, -0.2) is 30.5 Å². The summed E-state index contributed by atoms with van der Waals surface area (Å²) >= 11 is 0. The zero-order valence-corrected chi connectivity index (χ0v) is 12.7. The van der Waals surface area contributed by atoms with Gasteiger partial charge in [-0.3, -0.25) is 4.79 Å². The van der Waals surface area contributed by atoms with Crippen LogP contribution in [0.5, 0.6) is 0 Å². The zero-order valence-electron chi connectivity index (χ0n) is 12.7. The van der Waals surface area contributed by atoms with Crippen molar-refractivity contribution in [2.24, 2.45) is 0 Å². The van der Waals surface area contributed by atoms with Crippen molar-refractivity contribution >= 4 is 11.4 Å². The Bertz CT molecular complexity index is 988. The molecule has 1 amide bonds. The highest BCUT2D eigenvalue weighted by Gasteiger charge is 2.12. The molecule has 0 saturated heterocycles. The van der Waals surface area contributed by atoms with E-state index >= 15 is 0 Å². The van der Waals surface area contributed by atoms with Gasteiger partial charge in [-0.1, -0.05) is 29.5 Å². The minimum atomic E-state index is -0.265. The van der Waals surface area contributed by atoms with Gasteiger partial charge < -0.3 is 5.32 Å². The number of fused-ring (bicyclic) bond motifs is 1. The van der Waals surface area contributed by atoms with Crippen molar-refractivity contribution in [2.75, 3.05) is 0 Å². The maximum atomic E-state index is 12.3. The summed E-state index contributed by atoms with van der Waals surface area (Å²) < 4.78 is 3.35. The fourth-order valence-electron chi connectivity index (χ4n) is 2.50. The standard InChI is InChI=1S/C17H14N6O/c24-17(15-12-23(21-20-15)14-6-2-1-3-7-14)18-11-13-5-4-10-22-16(13)8-9-19-22/h1-10,12H,11H2,(H,18,24). The number of benzene rings is 1. The van der Waals surface area contributed by atoms with Crippen LogP contribution in [0.2, 0.25) is 0 Å². The Hall–Kier alpha value is -3.48. The molecule has 7 heteroatoms. The predicted molar refractivity (Wildman–Crippen MR) is 87.7 cm³/mol. The number of aromatic nitrogens is 5. The molecule has 3 heterocycles. The number of hydrogen-bond donors (Lipinski definition) is 1. The molecule has 0 atom stereocenters. The van der Waals surface area contributed by atoms with E-state index in [0.29, 0.717) is 6.54 Å². The average molecular weight is 318 g/mol. The number of rotatable bonds is 4. The molecule has 0 aliphatic heterocycles. The van der Waals surface area contributed by atoms with E-state index in [1.165, 1.54) is 0 Å². The Labute approximate surface area is 137 Å². The number of hydrogen-bond acceptors (Lipinski definition) is 4. The van der Waals surface area contributed by atoms with Gasteiger partial charge in [0.25, 0.3) is 5.91 Å². The van der Waals surface area contributed by atoms with Gasteiger partial charge in [-0.05, 0) is 29.8 Å². The number of pyridine rings is 1. The number of carbonyl (C=O) groups is 1. The lowest BCUT2D eigenvalue weighted by molar-refractivity contribution is 0.0946. The van der Waals surface area contributed by atoms with Crippen LogP contribution in [0.3, 0.4) is 0 Å². The monoisotopic (exact) mass is 318 g/mol. The smallest absolute Gasteiger partial charge is 0.273 e. The lowest BCUT2D eigenvalue weighted by Crippen LogP contribution is -2.23. The molecule has 0 aliphatic rings. The SMILES string of the molecule is O=C(NCc1cccn2nccc12)c1cn(-c2ccccc2)nn1. The molecular formula is C17H14N6O. The maximum Gasteiger partial charge on any atom is 0.273 e. The number of carbonyl (C=O) groups excluding carboxylic acids is 1. The highest BCUT2D eigenvalue weighted by Crippen LogP contribution is 2.10. The van der Waals surface area contributed by atoms with E-state index in [9.17, 15) is 4.79 Å². The molecule has 24 heavy (non-hydrogen) atoms. The molecule has 118 valence electrons. The van der Waals surface area contributed by atoms with Crippen molar-refractivity contribution in [1.82, 2.24) is 29.9 Å². The second-order valence-corrected chi connectivity index (χ2v) is 5.26. The van der Waals surface area contributed by atoms with Crippen LogP contribution in [0.4, 0.5) is 0 Å². The van der Waals surface area contributed by atoms with Gasteiger partial charge in [-0.15, -0.1) is 5.10 Å². The van der Waals surface area contributed by atoms with E-state index < -0.39 is 0 Å². The second kappa shape index (κ2) is 5.96. The Morgan fingerprint density at radius 2 is 1.96 bits per heavy atom. The first kappa shape index (κ1) is 14.1. The predicted octanol–water partition coefficient (Wildman–Crippen LogP) is 1.84. The molecule has 0 radical (unpaired) electrons. The third-order valence-corrected chi connectivity index (χ3v) is 3.71. The van der Waals surface area contributed by atoms with Crippen LogP contribution in [-0.2, 0) is 6.54 Å². The summed E-state index contributed by atoms with van der Waals surface area (Å²) in [4.78, 5) is 12.3. The minimum Gasteiger partial charge on any atom is -0.346 e. The molecule has 0 aliphatic carbocycles. The zero-order chi connectivity index (χ0) is 16.4. The molecule has 4 aromatic rings. The van der Waals surface area contributed by atoms with Gasteiger partial charge in [0.2, 0.25) is 0 Å². The van der Waals surface area contributed by atoms with Crippen LogP contribution in [0.1, 0.15) is 16.1 Å². The van der Waals surface area contributed by atoms with Crippen molar-refractivity contribution < 1.29 is 4.79 Å². The van der Waals surface area contributed by atoms with E-state index in [1.807, 2.05) is 54.7 Å². The topological polar surface area (TPSA) is 77.1 Å². The Kier molecular flexibility index (Phi) is 3.51. The molecular weight excluding hydrogens is 304 g/mol. The normalized spacial score (nSPS) is 10.8. The Morgan fingerprint density at radius 3 is 2.83 bits per heavy atom. The largest absolute Gasteiger partial charge is 0.346 e. The van der Waals surface area contributed by atoms with E-state index in [0.717, 1.165) is 16.8 Å². The van der Waals surface area contributed by atoms with E-state index in [2.05, 4.69) is 20.7 Å². The number of amides is 1. The third kappa shape index (κ3) is 2.63. The first-order chi connectivity index (χ1) is 11.8. The van der Waals surface area contributed by atoms with Crippen molar-refractivity contribution in [2.45, 2.75) is 6.54 Å². The molecule has 0 bridgehead atoms. The van der Waals surface area contributed by atoms with E-state index in [-0.39, 0.29) is 11.6 Å². The van der Waals surface area contributed by atoms with Crippen LogP contribution in [0.15, 0.2) is 67.1 Å². The fourth-order valence-corrected chi connectivity index (χ4v) is 2.50. The summed E-state index contributed by atoms with van der Waals surface area (Å²) in [5.41, 5.74) is 3.08. The van der Waals surface area contributed by atoms with Gasteiger partial charge >= 0.3 is 0 Å². The van der Waals surface area contributed by atoms with Crippen LogP contribution >= 0.6 is 0 Å². The quantitative estimate of drug-likeness (QED) is 0.623. The number of nitrogens with one attached hydrogen (secondary N) is 1. The highest BCUT2D eigenvalue weighted by molar-refractivity contribution is 5.92. The molecule has 0 unspecified atom stereocenters. The summed E-state index contributed by atoms with van der Waals surface area (Å²) in [5, 5.41) is 15.0. The average Bonchev–Trinajstić information content (AvgIpc) is 3.30. The van der Waals surface area contributed by atoms with Crippen LogP contribution < -0.4 is 5.32 Å². The molecule has 0 fully saturated rings. The van der Waals surface area contributed by atoms with Gasteiger partial charge in [0.15, 0.2) is 5.69 Å². The van der Waals surface area contributed by atoms with Gasteiger partial charge in [-0.25, -0.2) is 9.20 Å². The highest BCUT2D eigenvalue weighted by atomic mass is 16.2. The lowest BCUT2D eigenvalue weighted by atomic mass is 10.2. The first-order valence-corrected chi connectivity index (χ1v) is 7.48. The number of nitrogens with zero attached hydrogens (tertiary/aromatic N) is 5. The molecule has 4 rings (SSSR count). The molecule has 1 N–H and O–H groups in total. The molecule has 0 saturated carbocycles. The van der Waals surface area contributed by atoms with Crippen molar-refractivity contribution in [3.8, 4) is 5.69 Å². The minimum absolute atomic E-state index is 0.265. The summed E-state index contributed by atoms with van der Waals surface area (Å²) in [6.45, 7) is 0.396. The summed E-state index contributed by atoms with van der Waals surface area (Å²) in [6.07, 6.45) is 5.21. The van der Waals surface area contributed by atoms with Crippen molar-refractivity contribution in [1.29, 1.82) is 0 Å². The summed E-state index contributed by atoms with van der Waals surface area (Å²) in [6, 6.07) is 15.3. The number of para-hydroxylation sites is 1. The summed E-state index contributed by atoms with van der Waals surface area (Å²) in [5.74, 6) is -0.265. The van der Waals surface area contributed by atoms with E-state index in [4.69, 9.17) is 0 Å². The summed E-state index contributed by atoms with van der Waals surface area (Å²) in [7, 11) is 0. The van der Waals surface area contributed by atoms with Gasteiger partial charge in [0.05, 0.1) is 17.4 Å². The molecule has 0 spiro atoms. The third-order valence-electron chi connectivity index (χ3n) is 3.71. The lowest BCUT2D eigenvalue weighted by Gasteiger charge is -2.05. The van der Waals surface area contributed by atoms with Crippen LogP contribution in [0, 0.1) is 0 Å². The first-order valence-electron chi connectivity index (χ1n) is 7.48. The van der Waals surface area contributed by atoms with Crippen molar-refractivity contribution in [3.63, 3.8) is 0 Å². The molecule has 1 aromatic carbocycles. The van der Waals surface area contributed by atoms with Gasteiger partial charge in [0, 0.05) is 18.9 Å². The van der Waals surface area contributed by atoms with E-state index in [1.54, 1.807) is 21.6 Å². The van der Waals surface area contributed by atoms with Crippen molar-refractivity contribution in [3.05, 3.63) is 78.4 Å². The Morgan fingerprint density at radius 1 is 1.08 bits per heavy atom. The molecule has 7 nitrogen and oxygen atoms in total. The fraction of sp³-hybridized carbons (Fsp3) is 0.0588.